The van der Waals surface area contributed by atoms with Crippen LogP contribution in [0.3, 0.4) is 0 Å². The zero-order chi connectivity index (χ0) is 10.7. The lowest BCUT2D eigenvalue weighted by molar-refractivity contribution is 0.475. The van der Waals surface area contributed by atoms with Crippen molar-refractivity contribution in [2.45, 2.75) is 6.54 Å². The summed E-state index contributed by atoms with van der Waals surface area (Å²) < 4.78 is 1.40. The van der Waals surface area contributed by atoms with Crippen LogP contribution in [-0.4, -0.2) is 19.6 Å². The number of phenolic OH excluding ortho intramolecular Hbond substituents is 1. The summed E-state index contributed by atoms with van der Waals surface area (Å²) in [5.41, 5.74) is 0.572. The predicted molar refractivity (Wildman–Crippen MR) is 53.5 cm³/mol. The van der Waals surface area contributed by atoms with E-state index in [9.17, 15) is 4.79 Å². The van der Waals surface area contributed by atoms with Crippen LogP contribution in [0.1, 0.15) is 5.56 Å². The van der Waals surface area contributed by atoms with Crippen LogP contribution >= 0.6 is 0 Å². The number of nitrogens with zero attached hydrogens (tertiary/aromatic N) is 3. The second kappa shape index (κ2) is 3.91. The molecule has 0 unspecified atom stereocenters. The quantitative estimate of drug-likeness (QED) is 0.766. The van der Waals surface area contributed by atoms with E-state index in [4.69, 9.17) is 5.11 Å². The zero-order valence-corrected chi connectivity index (χ0v) is 7.87. The van der Waals surface area contributed by atoms with Crippen molar-refractivity contribution in [3.8, 4) is 5.75 Å². The van der Waals surface area contributed by atoms with E-state index in [2.05, 4.69) is 9.97 Å². The molecule has 2 rings (SSSR count). The Kier molecular flexibility index (Phi) is 2.45. The number of rotatable bonds is 2. The second-order valence-electron chi connectivity index (χ2n) is 3.09. The molecule has 5 heteroatoms. The third kappa shape index (κ3) is 2.19. The highest BCUT2D eigenvalue weighted by molar-refractivity contribution is 5.25. The van der Waals surface area contributed by atoms with Crippen LogP contribution in [0.5, 0.6) is 5.75 Å². The summed E-state index contributed by atoms with van der Waals surface area (Å²) in [6.07, 6.45) is 2.65. The fourth-order valence-electron chi connectivity index (χ4n) is 1.22. The summed E-state index contributed by atoms with van der Waals surface area (Å²) in [6.45, 7) is 0.403. The first-order chi connectivity index (χ1) is 7.25. The summed E-state index contributed by atoms with van der Waals surface area (Å²) in [6, 6.07) is 6.64. The highest BCUT2D eigenvalue weighted by Gasteiger charge is 1.98. The van der Waals surface area contributed by atoms with Gasteiger partial charge in [-0.05, 0) is 17.7 Å². The monoisotopic (exact) mass is 203 g/mol. The van der Waals surface area contributed by atoms with Crippen LogP contribution in [0.2, 0.25) is 0 Å². The van der Waals surface area contributed by atoms with Crippen LogP contribution in [0, 0.1) is 0 Å². The summed E-state index contributed by atoms with van der Waals surface area (Å²) in [7, 11) is 0. The summed E-state index contributed by atoms with van der Waals surface area (Å²) in [4.78, 5) is 18.6. The number of hydrogen-bond donors (Lipinski definition) is 1. The van der Waals surface area contributed by atoms with Crippen LogP contribution in [0.25, 0.3) is 0 Å². The molecular formula is C10H9N3O2. The van der Waals surface area contributed by atoms with Crippen molar-refractivity contribution in [1.82, 2.24) is 14.5 Å². The molecule has 0 bridgehead atoms. The molecule has 0 aliphatic rings. The van der Waals surface area contributed by atoms with E-state index in [-0.39, 0.29) is 11.4 Å². The van der Waals surface area contributed by atoms with E-state index >= 15 is 0 Å². The predicted octanol–water partition coefficient (Wildman–Crippen LogP) is 0.392. The molecule has 0 aliphatic heterocycles. The van der Waals surface area contributed by atoms with Crippen molar-refractivity contribution in [3.63, 3.8) is 0 Å². The van der Waals surface area contributed by atoms with Gasteiger partial charge in [0.25, 0.3) is 0 Å². The molecule has 0 saturated heterocycles. The first-order valence-corrected chi connectivity index (χ1v) is 4.40. The number of phenols is 1. The first kappa shape index (κ1) is 9.39. The minimum absolute atomic E-state index is 0.204. The molecule has 0 atom stereocenters. The van der Waals surface area contributed by atoms with Gasteiger partial charge in [0.15, 0.2) is 0 Å². The Morgan fingerprint density at radius 1 is 1.27 bits per heavy atom. The molecule has 1 aromatic heterocycles. The van der Waals surface area contributed by atoms with E-state index < -0.39 is 0 Å². The first-order valence-electron chi connectivity index (χ1n) is 4.40. The molecule has 0 spiro atoms. The topological polar surface area (TPSA) is 68.0 Å². The maximum absolute atomic E-state index is 11.3. The lowest BCUT2D eigenvalue weighted by Crippen LogP contribution is -2.22. The van der Waals surface area contributed by atoms with Gasteiger partial charge < -0.3 is 5.11 Å². The molecular weight excluding hydrogens is 194 g/mol. The molecule has 1 aromatic carbocycles. The molecule has 1 N–H and O–H groups in total. The smallest absolute Gasteiger partial charge is 0.350 e. The van der Waals surface area contributed by atoms with Gasteiger partial charge in [0, 0.05) is 0 Å². The largest absolute Gasteiger partial charge is 0.508 e. The van der Waals surface area contributed by atoms with Crippen LogP contribution in [0.4, 0.5) is 0 Å². The van der Waals surface area contributed by atoms with Crippen molar-refractivity contribution in [2.24, 2.45) is 0 Å². The zero-order valence-electron chi connectivity index (χ0n) is 7.87. The molecule has 2 aromatic rings. The van der Waals surface area contributed by atoms with Gasteiger partial charge in [0.1, 0.15) is 18.4 Å². The average Bonchev–Trinajstić information content (AvgIpc) is 2.25. The molecule has 76 valence electrons. The highest BCUT2D eigenvalue weighted by atomic mass is 16.3. The maximum atomic E-state index is 11.3. The fraction of sp³-hybridized carbons (Fsp3) is 0.100. The molecule has 1 heterocycles. The van der Waals surface area contributed by atoms with Gasteiger partial charge in [-0.15, -0.1) is 0 Å². The van der Waals surface area contributed by atoms with Gasteiger partial charge in [-0.1, -0.05) is 12.1 Å². The fourth-order valence-corrected chi connectivity index (χ4v) is 1.22. The van der Waals surface area contributed by atoms with E-state index in [1.807, 2.05) is 0 Å². The van der Waals surface area contributed by atoms with Crippen molar-refractivity contribution in [3.05, 3.63) is 53.0 Å². The van der Waals surface area contributed by atoms with Crippen LogP contribution < -0.4 is 5.69 Å². The lowest BCUT2D eigenvalue weighted by atomic mass is 10.2. The normalized spacial score (nSPS) is 10.1. The van der Waals surface area contributed by atoms with Gasteiger partial charge in [-0.3, -0.25) is 4.57 Å². The van der Waals surface area contributed by atoms with Crippen LogP contribution in [0.15, 0.2) is 41.7 Å². The summed E-state index contributed by atoms with van der Waals surface area (Å²) in [5.74, 6) is 0.204. The minimum Gasteiger partial charge on any atom is -0.508 e. The molecule has 15 heavy (non-hydrogen) atoms. The van der Waals surface area contributed by atoms with Gasteiger partial charge in [0.05, 0.1) is 6.54 Å². The Labute approximate surface area is 85.7 Å². The summed E-state index contributed by atoms with van der Waals surface area (Å²) >= 11 is 0. The van der Waals surface area contributed by atoms with Gasteiger partial charge in [-0.25, -0.2) is 9.78 Å². The molecule has 0 amide bonds. The molecule has 0 radical (unpaired) electrons. The van der Waals surface area contributed by atoms with Crippen molar-refractivity contribution in [1.29, 1.82) is 0 Å². The van der Waals surface area contributed by atoms with Gasteiger partial charge in [-0.2, -0.15) is 4.98 Å². The Morgan fingerprint density at radius 2 is 2.00 bits per heavy atom. The van der Waals surface area contributed by atoms with Gasteiger partial charge >= 0.3 is 5.69 Å². The standard InChI is InChI=1S/C10H9N3O2/c14-9-3-1-8(2-4-9)5-13-7-11-6-12-10(13)15/h1-4,6-7,14H,5H2. The number of benzene rings is 1. The maximum Gasteiger partial charge on any atom is 0.350 e. The number of hydrogen-bond acceptors (Lipinski definition) is 4. The third-order valence-corrected chi connectivity index (χ3v) is 1.98. The average molecular weight is 203 g/mol. The van der Waals surface area contributed by atoms with E-state index in [0.29, 0.717) is 6.54 Å². The Hall–Kier alpha value is -2.17. The van der Waals surface area contributed by atoms with Crippen molar-refractivity contribution in [2.75, 3.05) is 0 Å². The minimum atomic E-state index is -0.335. The SMILES string of the molecule is O=c1ncncn1Cc1ccc(O)cc1. The van der Waals surface area contributed by atoms with Crippen molar-refractivity contribution < 1.29 is 5.11 Å². The molecule has 0 saturated carbocycles. The Morgan fingerprint density at radius 3 is 2.67 bits per heavy atom. The third-order valence-electron chi connectivity index (χ3n) is 1.98. The van der Waals surface area contributed by atoms with E-state index in [1.54, 1.807) is 24.3 Å². The number of aromatic hydroxyl groups is 1. The molecule has 0 aliphatic carbocycles. The lowest BCUT2D eigenvalue weighted by Gasteiger charge is -2.03. The molecule has 0 fully saturated rings. The number of aromatic nitrogens is 3. The van der Waals surface area contributed by atoms with Gasteiger partial charge in [0.2, 0.25) is 0 Å². The molecule has 5 nitrogen and oxygen atoms in total. The Balaban J connectivity index is 2.26. The summed E-state index contributed by atoms with van der Waals surface area (Å²) in [5, 5.41) is 9.08. The van der Waals surface area contributed by atoms with Crippen LogP contribution in [-0.2, 0) is 6.54 Å². The second-order valence-corrected chi connectivity index (χ2v) is 3.09. The van der Waals surface area contributed by atoms with Crippen molar-refractivity contribution >= 4 is 0 Å². The highest BCUT2D eigenvalue weighted by Crippen LogP contribution is 2.09. The van der Waals surface area contributed by atoms with E-state index in [1.165, 1.54) is 17.2 Å². The Bertz CT molecular complexity index is 505. The van der Waals surface area contributed by atoms with E-state index in [0.717, 1.165) is 5.56 Å².